The van der Waals surface area contributed by atoms with Gasteiger partial charge < -0.3 is 28.4 Å². The van der Waals surface area contributed by atoms with Gasteiger partial charge in [0.05, 0.1) is 32.7 Å². The number of carbonyl (C=O) groups is 2. The molecule has 1 aliphatic rings. The molecule has 37 heavy (non-hydrogen) atoms. The lowest BCUT2D eigenvalue weighted by atomic mass is 10.0. The van der Waals surface area contributed by atoms with Gasteiger partial charge in [0.2, 0.25) is 0 Å². The molecule has 0 amide bonds. The van der Waals surface area contributed by atoms with E-state index in [0.717, 1.165) is 49.2 Å². The third-order valence-corrected chi connectivity index (χ3v) is 5.77. The van der Waals surface area contributed by atoms with E-state index in [1.807, 2.05) is 48.5 Å². The molecule has 1 saturated heterocycles. The Morgan fingerprint density at radius 3 is 1.81 bits per heavy atom. The first-order valence-electron chi connectivity index (χ1n) is 12.8. The van der Waals surface area contributed by atoms with Gasteiger partial charge in [-0.2, -0.15) is 0 Å². The van der Waals surface area contributed by atoms with Gasteiger partial charge in [-0.25, -0.2) is 9.59 Å². The maximum Gasteiger partial charge on any atom is 0.338 e. The van der Waals surface area contributed by atoms with Crippen LogP contribution in [0.1, 0.15) is 51.4 Å². The number of rotatable bonds is 15. The molecule has 2 atom stereocenters. The van der Waals surface area contributed by atoms with Crippen molar-refractivity contribution in [1.29, 1.82) is 0 Å². The minimum Gasteiger partial charge on any atom is -0.502 e. The van der Waals surface area contributed by atoms with Crippen LogP contribution in [-0.4, -0.2) is 50.6 Å². The fraction of sp³-hybridized carbons (Fsp3) is 0.448. The van der Waals surface area contributed by atoms with E-state index in [2.05, 4.69) is 6.58 Å². The van der Waals surface area contributed by atoms with Crippen LogP contribution in [0.25, 0.3) is 11.1 Å². The van der Waals surface area contributed by atoms with Gasteiger partial charge in [0.15, 0.2) is 18.5 Å². The van der Waals surface area contributed by atoms with E-state index in [4.69, 9.17) is 28.4 Å². The van der Waals surface area contributed by atoms with Crippen molar-refractivity contribution in [2.75, 3.05) is 26.4 Å². The third kappa shape index (κ3) is 8.33. The first-order valence-corrected chi connectivity index (χ1v) is 12.8. The van der Waals surface area contributed by atoms with Crippen molar-refractivity contribution in [3.8, 4) is 16.9 Å². The molecule has 8 nitrogen and oxygen atoms in total. The maximum atomic E-state index is 12.3. The molecule has 8 heteroatoms. The molecule has 0 saturated carbocycles. The van der Waals surface area contributed by atoms with E-state index in [1.54, 1.807) is 13.8 Å². The van der Waals surface area contributed by atoms with E-state index >= 15 is 0 Å². The van der Waals surface area contributed by atoms with Crippen LogP contribution < -0.4 is 4.74 Å². The van der Waals surface area contributed by atoms with E-state index in [0.29, 0.717) is 12.2 Å². The minimum absolute atomic E-state index is 0.170. The predicted octanol–water partition coefficient (Wildman–Crippen LogP) is 5.36. The molecule has 2 aromatic rings. The maximum absolute atomic E-state index is 12.3. The summed E-state index contributed by atoms with van der Waals surface area (Å²) in [6.07, 6.45) is 2.46. The molecule has 0 spiro atoms. The Labute approximate surface area is 218 Å². The number of carbonyl (C=O) groups excluding carboxylic acids is 2. The fourth-order valence-electron chi connectivity index (χ4n) is 3.90. The average Bonchev–Trinajstić information content (AvgIpc) is 3.37. The second kappa shape index (κ2) is 15.0. The van der Waals surface area contributed by atoms with E-state index in [9.17, 15) is 9.59 Å². The summed E-state index contributed by atoms with van der Waals surface area (Å²) < 4.78 is 32.6. The Morgan fingerprint density at radius 1 is 0.784 bits per heavy atom. The number of hydrogen-bond donors (Lipinski definition) is 0. The third-order valence-electron chi connectivity index (χ3n) is 5.77. The number of esters is 2. The lowest BCUT2D eigenvalue weighted by molar-refractivity contribution is -0.163. The lowest BCUT2D eigenvalue weighted by Crippen LogP contribution is -2.39. The van der Waals surface area contributed by atoms with E-state index < -0.39 is 30.4 Å². The summed E-state index contributed by atoms with van der Waals surface area (Å²) in [4.78, 5) is 24.6. The van der Waals surface area contributed by atoms with Crippen molar-refractivity contribution in [1.82, 2.24) is 0 Å². The van der Waals surface area contributed by atoms with Crippen LogP contribution in [-0.2, 0) is 33.3 Å². The molecule has 0 bridgehead atoms. The Morgan fingerprint density at radius 2 is 1.30 bits per heavy atom. The van der Waals surface area contributed by atoms with Crippen molar-refractivity contribution >= 4 is 11.9 Å². The van der Waals surface area contributed by atoms with E-state index in [-0.39, 0.29) is 13.2 Å². The summed E-state index contributed by atoms with van der Waals surface area (Å²) >= 11 is 0. The van der Waals surface area contributed by atoms with Gasteiger partial charge in [-0.1, -0.05) is 43.0 Å². The first-order chi connectivity index (χ1) is 18.1. The summed E-state index contributed by atoms with van der Waals surface area (Å²) in [5, 5.41) is 0. The van der Waals surface area contributed by atoms with Crippen LogP contribution in [0.5, 0.6) is 5.75 Å². The molecular weight excluding hydrogens is 476 g/mol. The second-order valence-corrected chi connectivity index (χ2v) is 8.40. The molecule has 1 aliphatic heterocycles. The molecule has 200 valence electrons. The van der Waals surface area contributed by atoms with Gasteiger partial charge in [0.25, 0.3) is 0 Å². The van der Waals surface area contributed by atoms with Crippen LogP contribution in [0, 0.1) is 0 Å². The highest BCUT2D eigenvalue weighted by Gasteiger charge is 2.47. The predicted molar refractivity (Wildman–Crippen MR) is 138 cm³/mol. The van der Waals surface area contributed by atoms with Crippen LogP contribution in [0.3, 0.4) is 0 Å². The normalized spacial score (nSPS) is 17.2. The average molecular weight is 513 g/mol. The molecule has 0 aromatic heterocycles. The molecule has 3 rings (SSSR count). The van der Waals surface area contributed by atoms with Gasteiger partial charge in [-0.3, -0.25) is 0 Å². The van der Waals surface area contributed by atoms with Gasteiger partial charge in [-0.15, -0.1) is 0 Å². The summed E-state index contributed by atoms with van der Waals surface area (Å²) in [7, 11) is 0. The van der Waals surface area contributed by atoms with Crippen molar-refractivity contribution in [3.05, 3.63) is 66.9 Å². The van der Waals surface area contributed by atoms with Gasteiger partial charge >= 0.3 is 11.9 Å². The molecule has 0 aliphatic carbocycles. The number of ether oxygens (including phenoxy) is 6. The van der Waals surface area contributed by atoms with Crippen LogP contribution >= 0.6 is 0 Å². The van der Waals surface area contributed by atoms with Crippen molar-refractivity contribution < 1.29 is 38.0 Å². The largest absolute Gasteiger partial charge is 0.502 e. The zero-order valence-electron chi connectivity index (χ0n) is 21.6. The zero-order valence-corrected chi connectivity index (χ0v) is 21.6. The molecule has 2 aromatic carbocycles. The molecule has 0 radical (unpaired) electrons. The van der Waals surface area contributed by atoms with Gasteiger partial charge in [-0.05, 0) is 62.8 Å². The topological polar surface area (TPSA) is 89.5 Å². The standard InChI is InChI=1S/C29H36O8/c1-4-32-19-9-7-8-10-20-35-24-17-15-22(16-18-24)21-11-13-23(14-12-21)29-36-25(27(30)33-5-2)26(37-29)28(31)34-6-3/h4,11-18,25-26,29H,1,5-10,19-20H2,2-3H3/t25-,26-/m1/s1. The first kappa shape index (κ1) is 28.2. The van der Waals surface area contributed by atoms with Gasteiger partial charge in [0.1, 0.15) is 5.75 Å². The fourth-order valence-corrected chi connectivity index (χ4v) is 3.90. The highest BCUT2D eigenvalue weighted by molar-refractivity contribution is 5.86. The van der Waals surface area contributed by atoms with Crippen LogP contribution in [0.15, 0.2) is 61.4 Å². The molecule has 1 fully saturated rings. The summed E-state index contributed by atoms with van der Waals surface area (Å²) in [5.74, 6) is -0.474. The highest BCUT2D eigenvalue weighted by Crippen LogP contribution is 2.34. The lowest BCUT2D eigenvalue weighted by Gasteiger charge is -2.13. The summed E-state index contributed by atoms with van der Waals surface area (Å²) in [6, 6.07) is 15.5. The zero-order chi connectivity index (χ0) is 26.5. The smallest absolute Gasteiger partial charge is 0.338 e. The minimum atomic E-state index is -1.18. The number of unbranched alkanes of at least 4 members (excludes halogenated alkanes) is 3. The van der Waals surface area contributed by atoms with Gasteiger partial charge in [0, 0.05) is 5.56 Å². The Bertz CT molecular complexity index is 960. The van der Waals surface area contributed by atoms with Crippen molar-refractivity contribution in [2.24, 2.45) is 0 Å². The SMILES string of the molecule is C=COCCCCCCOc1ccc(-c2ccc(C3O[C@@H](C(=O)OCC)[C@H](C(=O)OCC)O3)cc2)cc1. The highest BCUT2D eigenvalue weighted by atomic mass is 16.8. The monoisotopic (exact) mass is 512 g/mol. The van der Waals surface area contributed by atoms with E-state index in [1.165, 1.54) is 6.26 Å². The van der Waals surface area contributed by atoms with Crippen molar-refractivity contribution in [2.45, 2.75) is 58.0 Å². The van der Waals surface area contributed by atoms with Crippen LogP contribution in [0.2, 0.25) is 0 Å². The summed E-state index contributed by atoms with van der Waals surface area (Å²) in [5.41, 5.74) is 2.71. The quantitative estimate of drug-likeness (QED) is 0.179. The molecular formula is C29H36O8. The molecule has 0 unspecified atom stereocenters. The Hall–Kier alpha value is -3.36. The number of hydrogen-bond acceptors (Lipinski definition) is 8. The Balaban J connectivity index is 1.53. The molecule has 1 heterocycles. The van der Waals surface area contributed by atoms with Crippen molar-refractivity contribution in [3.63, 3.8) is 0 Å². The summed E-state index contributed by atoms with van der Waals surface area (Å²) in [6.45, 7) is 8.64. The van der Waals surface area contributed by atoms with Crippen LogP contribution in [0.4, 0.5) is 0 Å². The molecule has 0 N–H and O–H groups in total. The second-order valence-electron chi connectivity index (χ2n) is 8.40. The number of benzene rings is 2. The Kier molecular flexibility index (Phi) is 11.5.